The lowest BCUT2D eigenvalue weighted by atomic mass is 8.28. The van der Waals surface area contributed by atoms with Gasteiger partial charge in [-0.2, -0.15) is 0 Å². The summed E-state index contributed by atoms with van der Waals surface area (Å²) in [5.41, 5.74) is 0. The van der Waals surface area contributed by atoms with Crippen LogP contribution >= 0.6 is 7.56 Å². The largest absolute Gasteiger partial charge is 0.253 e. The van der Waals surface area contributed by atoms with Gasteiger partial charge < -0.3 is 0 Å². The van der Waals surface area contributed by atoms with E-state index in [1.54, 1.807) is 0 Å². The van der Waals surface area contributed by atoms with E-state index in [0.29, 0.717) is 0 Å². The summed E-state index contributed by atoms with van der Waals surface area (Å²) in [4.78, 5) is 0. The molecule has 0 spiro atoms. The van der Waals surface area contributed by atoms with Gasteiger partial charge in [-0.1, -0.05) is 0 Å². The van der Waals surface area contributed by atoms with Crippen LogP contribution in [0.5, 0.6) is 0 Å². The van der Waals surface area contributed by atoms with Gasteiger partial charge in [-0.3, -0.25) is 7.56 Å². The van der Waals surface area contributed by atoms with Crippen molar-refractivity contribution in [2.24, 2.45) is 0 Å². The van der Waals surface area contributed by atoms with Crippen LogP contribution in [0, 0.1) is 0 Å². The Kier molecular flexibility index (Phi) is 62.0. The summed E-state index contributed by atoms with van der Waals surface area (Å²) in [5, 5.41) is 0. The van der Waals surface area contributed by atoms with Gasteiger partial charge in [0.2, 0.25) is 0 Å². The highest BCUT2D eigenvalue weighted by molar-refractivity contribution is 8.65. The fourth-order valence-corrected chi connectivity index (χ4v) is 26.6. The van der Waals surface area contributed by atoms with E-state index in [0.717, 1.165) is 0 Å². The minimum absolute atomic E-state index is 1.94. The minimum atomic E-state index is -4.18. The summed E-state index contributed by atoms with van der Waals surface area (Å²) in [6, 6.07) is 0. The first-order valence-electron chi connectivity index (χ1n) is 38.8. The first-order valence-corrected chi connectivity index (χ1v) is 40.3. The van der Waals surface area contributed by atoms with Crippen LogP contribution in [0.1, 0.15) is 0 Å². The molecule has 0 fully saturated rings. The minimum Gasteiger partial charge on any atom is -0.253 e. The molecule has 0 saturated heterocycles. The summed E-state index contributed by atoms with van der Waals surface area (Å²) in [6.07, 6.45) is -118. The molecular formula is B117P. The first-order chi connectivity index (χ1) is 53.6. The van der Waals surface area contributed by atoms with Crippen molar-refractivity contribution < 1.29 is 0 Å². The average Bonchev–Trinajstić information content (AvgIpc) is 0.701. The molecule has 0 aliphatic rings. The number of hydrogen-bond donors (Lipinski definition) is 0. The quantitative estimate of drug-likeness (QED) is 0.0421. The molecule has 0 bridgehead atoms. The third-order valence-electron chi connectivity index (χ3n) is 24.7. The molecule has 0 aliphatic carbocycles. The highest BCUT2D eigenvalue weighted by Crippen LogP contribution is 2.54. The molecule has 0 aromatic rings. The van der Waals surface area contributed by atoms with Crippen LogP contribution in [0.15, 0.2) is 0 Å². The molecule has 118 heteroatoms. The molecule has 356 valence electrons. The number of hydrogen-bond acceptors (Lipinski definition) is 0. The van der Waals surface area contributed by atoms with Crippen LogP contribution in [0.4, 0.5) is 0 Å². The highest BCUT2D eigenvalue weighted by Gasteiger charge is 2.70. The van der Waals surface area contributed by atoms with Crippen molar-refractivity contribution in [3.05, 3.63) is 0 Å². The van der Waals surface area contributed by atoms with E-state index in [1.165, 1.54) is 0 Å². The van der Waals surface area contributed by atoms with Crippen LogP contribution in [0.25, 0.3) is 0 Å². The predicted molar refractivity (Wildman–Crippen MR) is 680 cm³/mol. The molecule has 0 unspecified atom stereocenters. The van der Waals surface area contributed by atoms with Crippen LogP contribution in [-0.2, 0) is 0 Å². The lowest BCUT2D eigenvalue weighted by Gasteiger charge is -2.65. The third-order valence-corrected chi connectivity index (χ3v) is 28.9. The number of rotatable bonds is 57. The zero-order valence-electron chi connectivity index (χ0n) is 68.0. The zero-order valence-corrected chi connectivity index (χ0v) is 68.9. The molecule has 0 nitrogen and oxygen atoms in total. The second-order valence-electron chi connectivity index (χ2n) is 33.1. The Morgan fingerprint density at radius 2 is 0.119 bits per heavy atom. The molecule has 0 rings (SSSR count). The maximum atomic E-state index is 7.54. The molecule has 0 amide bonds. The second-order valence-corrected chi connectivity index (χ2v) is 35.8. The van der Waals surface area contributed by atoms with E-state index in [4.69, 9.17) is 464 Å². The predicted octanol–water partition coefficient (Wildman–Crippen LogP) is -43.7. The van der Waals surface area contributed by atoms with Gasteiger partial charge in [0.15, 0.2) is 0 Å². The molecular weight excluding hydrogens is 1300 g/mol. The lowest BCUT2D eigenvalue weighted by molar-refractivity contribution is 3.17. The van der Waals surface area contributed by atoms with E-state index in [1.807, 2.05) is 0 Å². The van der Waals surface area contributed by atoms with E-state index in [-0.39, 0.29) is 0 Å². The van der Waals surface area contributed by atoms with E-state index in [9.17, 15) is 0 Å². The lowest BCUT2D eigenvalue weighted by Crippen LogP contribution is -2.96. The maximum Gasteiger partial charge on any atom is 0.0527 e. The van der Waals surface area contributed by atoms with Crippen molar-refractivity contribution in [2.45, 2.75) is 0 Å². The molecule has 0 aliphatic heterocycles. The SMILES string of the molecule is [B]B([B])B(B([B])[B])B(B(B([B])[B])B([B])[B])B(B(B([B])[B])B([B])[B])B(B(B(B(B([B])[B])B([B])[B])B(B([B])[B])B([B])[B])B(B(B([B])[B])B([B])[B])B(B([B])[B])B([B])[B])P(B(B(B(B([B])[B])B([B])[B])B(B([B])[B])B([B])[B])B(B(B([B])[B])B([B])[B])B(B([B])[B])B([B])[B])B(B(B(B([B])[B])B([B])[B])B(B([B])[B])B([B])[B])B(B(B([B])[B])B([B])[B])B(B([B])[B])B([B])[B]. The normalized spacial score (nSPS) is 9.94. The van der Waals surface area contributed by atoms with Crippen LogP contribution < -0.4 is 0 Å². The molecule has 0 aromatic carbocycles. The fourth-order valence-electron chi connectivity index (χ4n) is 20.7. The molecule has 120 radical (unpaired) electrons. The Morgan fingerprint density at radius 3 is 0.186 bits per heavy atom. The smallest absolute Gasteiger partial charge is 0.0527 e. The van der Waals surface area contributed by atoms with Gasteiger partial charge in [-0.15, -0.1) is 0 Å². The van der Waals surface area contributed by atoms with Crippen molar-refractivity contribution in [2.75, 3.05) is 0 Å². The van der Waals surface area contributed by atoms with Crippen molar-refractivity contribution >= 4 is 835 Å². The van der Waals surface area contributed by atoms with Crippen LogP contribution in [0.3, 0.4) is 0 Å². The highest BCUT2D eigenvalue weighted by atomic mass is 31.1. The molecule has 118 heavy (non-hydrogen) atoms. The Bertz CT molecular complexity index is 2050. The molecule has 0 saturated carbocycles. The van der Waals surface area contributed by atoms with Gasteiger partial charge in [0, 0.05) is 809 Å². The average molecular weight is 1300 g/mol. The summed E-state index contributed by atoms with van der Waals surface area (Å²) < 4.78 is 0. The van der Waals surface area contributed by atoms with E-state index < -0.39 is 371 Å². The molecule has 0 atom stereocenters. The Hall–Kier alpha value is 8.03. The summed E-state index contributed by atoms with van der Waals surface area (Å²) in [6.45, 7) is 0. The van der Waals surface area contributed by atoms with E-state index >= 15 is 0 Å². The van der Waals surface area contributed by atoms with Gasteiger partial charge >= 0.3 is 0 Å². The monoisotopic (exact) mass is 1320 g/mol. The molecule has 0 aromatic heterocycles. The summed E-state index contributed by atoms with van der Waals surface area (Å²) in [7, 11) is 435. The Balaban J connectivity index is 16.4. The van der Waals surface area contributed by atoms with Crippen molar-refractivity contribution in [3.8, 4) is 0 Å². The maximum absolute atomic E-state index is 7.54. The molecule has 0 N–H and O–H groups in total. The third kappa shape index (κ3) is 33.7. The van der Waals surface area contributed by atoms with Gasteiger partial charge in [0.1, 0.15) is 0 Å². The molecule has 0 heterocycles. The van der Waals surface area contributed by atoms with Gasteiger partial charge in [0.25, 0.3) is 0 Å². The zero-order chi connectivity index (χ0) is 93.5. The standard InChI is InChI=1S/B117P/c1-61(2)91(62(3)4)106(92(63(5)6)64(7)8)113(105(89(57)58)90(59)60)117(114(107(93(65(9)10)66(11)12)94(67(13)14)68(15)16)108(95(69(17)18)70(19)20)96(71(21)22)72(23)24)118(115(109(97(73(25)26)74(27)28)98(75(29)30)76(31)32)110(99(77(33)34)78(35)36)100(79(37)38)80(39)40)116(111(101(81(41)42)82(43)44)102(83(45)46)84(47)48)112(103(85(49)50)86(51)52)104(87(53)54)88(55)56. The first kappa shape index (κ1) is 126. The summed E-state index contributed by atoms with van der Waals surface area (Å²) >= 11 is 0. The van der Waals surface area contributed by atoms with Gasteiger partial charge in [0.05, 0.1) is 18.6 Å². The van der Waals surface area contributed by atoms with Crippen LogP contribution in [-0.4, -0.2) is 828 Å². The van der Waals surface area contributed by atoms with Gasteiger partial charge in [-0.25, -0.2) is 0 Å². The topological polar surface area (TPSA) is 0 Å². The summed E-state index contributed by atoms with van der Waals surface area (Å²) in [5.74, 6) is 0. The fraction of sp³-hybridized carbons (Fsp3) is 0. The Morgan fingerprint density at radius 1 is 0.0678 bits per heavy atom. The van der Waals surface area contributed by atoms with E-state index in [2.05, 4.69) is 0 Å². The second kappa shape index (κ2) is 58.0. The van der Waals surface area contributed by atoms with Crippen molar-refractivity contribution in [3.63, 3.8) is 0 Å². The Labute approximate surface area is 826 Å². The van der Waals surface area contributed by atoms with Gasteiger partial charge in [-0.05, 0) is 0 Å². The van der Waals surface area contributed by atoms with Crippen molar-refractivity contribution in [1.82, 2.24) is 0 Å². The van der Waals surface area contributed by atoms with Crippen molar-refractivity contribution in [1.29, 1.82) is 0 Å². The van der Waals surface area contributed by atoms with Crippen LogP contribution in [0.2, 0.25) is 0 Å².